The molecule has 1 heterocycles. The van der Waals surface area contributed by atoms with Crippen LogP contribution in [-0.2, 0) is 11.3 Å². The SMILES string of the molecule is CCNc1ccc(COCCC2CCC2)cn1. The minimum Gasteiger partial charge on any atom is -0.377 e. The summed E-state index contributed by atoms with van der Waals surface area (Å²) in [5.74, 6) is 1.87. The quantitative estimate of drug-likeness (QED) is 0.735. The number of rotatable bonds is 7. The van der Waals surface area contributed by atoms with Crippen molar-refractivity contribution in [3.63, 3.8) is 0 Å². The molecule has 1 saturated carbocycles. The number of ether oxygens (including phenoxy) is 1. The summed E-state index contributed by atoms with van der Waals surface area (Å²) in [5, 5.41) is 3.18. The predicted octanol–water partition coefficient (Wildman–Crippen LogP) is 3.22. The van der Waals surface area contributed by atoms with Crippen LogP contribution in [0.25, 0.3) is 0 Å². The molecule has 94 valence electrons. The molecule has 1 fully saturated rings. The van der Waals surface area contributed by atoms with E-state index in [0.717, 1.165) is 30.5 Å². The summed E-state index contributed by atoms with van der Waals surface area (Å²) in [7, 11) is 0. The zero-order chi connectivity index (χ0) is 11.9. The van der Waals surface area contributed by atoms with E-state index < -0.39 is 0 Å². The second-order valence-electron chi connectivity index (χ2n) is 4.72. The minimum absolute atomic E-state index is 0.687. The van der Waals surface area contributed by atoms with E-state index in [0.29, 0.717) is 6.61 Å². The van der Waals surface area contributed by atoms with Crippen molar-refractivity contribution in [2.45, 2.75) is 39.2 Å². The van der Waals surface area contributed by atoms with Gasteiger partial charge in [0.05, 0.1) is 6.61 Å². The van der Waals surface area contributed by atoms with Gasteiger partial charge in [-0.1, -0.05) is 25.3 Å². The Balaban J connectivity index is 1.63. The van der Waals surface area contributed by atoms with E-state index in [4.69, 9.17) is 4.74 Å². The molecule has 0 spiro atoms. The van der Waals surface area contributed by atoms with Crippen LogP contribution >= 0.6 is 0 Å². The van der Waals surface area contributed by atoms with Gasteiger partial charge in [-0.3, -0.25) is 0 Å². The van der Waals surface area contributed by atoms with Crippen molar-refractivity contribution < 1.29 is 4.74 Å². The van der Waals surface area contributed by atoms with Crippen molar-refractivity contribution in [2.24, 2.45) is 5.92 Å². The molecule has 0 bridgehead atoms. The van der Waals surface area contributed by atoms with Gasteiger partial charge in [0.15, 0.2) is 0 Å². The van der Waals surface area contributed by atoms with Crippen LogP contribution in [0.15, 0.2) is 18.3 Å². The van der Waals surface area contributed by atoms with Gasteiger partial charge >= 0.3 is 0 Å². The molecule has 1 aromatic rings. The summed E-state index contributed by atoms with van der Waals surface area (Å²) < 4.78 is 5.67. The molecule has 1 aromatic heterocycles. The maximum Gasteiger partial charge on any atom is 0.125 e. The van der Waals surface area contributed by atoms with Gasteiger partial charge in [-0.25, -0.2) is 4.98 Å². The molecule has 17 heavy (non-hydrogen) atoms. The van der Waals surface area contributed by atoms with Gasteiger partial charge < -0.3 is 10.1 Å². The molecule has 0 amide bonds. The van der Waals surface area contributed by atoms with E-state index >= 15 is 0 Å². The molecule has 0 atom stereocenters. The third-order valence-electron chi connectivity index (χ3n) is 3.35. The molecule has 2 rings (SSSR count). The second kappa shape index (κ2) is 6.60. The van der Waals surface area contributed by atoms with Crippen molar-refractivity contribution in [2.75, 3.05) is 18.5 Å². The fourth-order valence-electron chi connectivity index (χ4n) is 2.02. The molecule has 0 aromatic carbocycles. The Hall–Kier alpha value is -1.09. The van der Waals surface area contributed by atoms with Crippen LogP contribution in [0, 0.1) is 5.92 Å². The Kier molecular flexibility index (Phi) is 4.80. The number of hydrogen-bond acceptors (Lipinski definition) is 3. The number of aromatic nitrogens is 1. The Labute approximate surface area is 104 Å². The van der Waals surface area contributed by atoms with Gasteiger partial charge in [0, 0.05) is 19.3 Å². The molecule has 3 nitrogen and oxygen atoms in total. The molecule has 0 aliphatic heterocycles. The fourth-order valence-corrected chi connectivity index (χ4v) is 2.02. The van der Waals surface area contributed by atoms with Gasteiger partial charge in [0.2, 0.25) is 0 Å². The molecule has 1 N–H and O–H groups in total. The molecular weight excluding hydrogens is 212 g/mol. The number of pyridine rings is 1. The highest BCUT2D eigenvalue weighted by Gasteiger charge is 2.16. The lowest BCUT2D eigenvalue weighted by Gasteiger charge is -2.24. The fraction of sp³-hybridized carbons (Fsp3) is 0.643. The van der Waals surface area contributed by atoms with Crippen molar-refractivity contribution in [3.05, 3.63) is 23.9 Å². The maximum absolute atomic E-state index is 5.67. The van der Waals surface area contributed by atoms with Crippen LogP contribution in [0.2, 0.25) is 0 Å². The summed E-state index contributed by atoms with van der Waals surface area (Å²) in [6, 6.07) is 4.09. The molecular formula is C14H22N2O. The van der Waals surface area contributed by atoms with Gasteiger partial charge in [-0.2, -0.15) is 0 Å². The highest BCUT2D eigenvalue weighted by molar-refractivity contribution is 5.34. The van der Waals surface area contributed by atoms with Crippen LogP contribution in [0.3, 0.4) is 0 Å². The summed E-state index contributed by atoms with van der Waals surface area (Å²) >= 11 is 0. The average molecular weight is 234 g/mol. The largest absolute Gasteiger partial charge is 0.377 e. The van der Waals surface area contributed by atoms with Crippen LogP contribution in [0.5, 0.6) is 0 Å². The Morgan fingerprint density at radius 3 is 2.88 bits per heavy atom. The molecule has 3 heteroatoms. The van der Waals surface area contributed by atoms with Crippen molar-refractivity contribution >= 4 is 5.82 Å². The third-order valence-corrected chi connectivity index (χ3v) is 3.35. The summed E-state index contributed by atoms with van der Waals surface area (Å²) in [5.41, 5.74) is 1.15. The van der Waals surface area contributed by atoms with Gasteiger partial charge in [0.1, 0.15) is 5.82 Å². The number of nitrogens with zero attached hydrogens (tertiary/aromatic N) is 1. The summed E-state index contributed by atoms with van der Waals surface area (Å²) in [6.07, 6.45) is 7.34. The van der Waals surface area contributed by atoms with Gasteiger partial charge in [0.25, 0.3) is 0 Å². The minimum atomic E-state index is 0.687. The Morgan fingerprint density at radius 1 is 1.41 bits per heavy atom. The molecule has 0 saturated heterocycles. The van der Waals surface area contributed by atoms with Crippen LogP contribution in [-0.4, -0.2) is 18.1 Å². The molecule has 0 unspecified atom stereocenters. The zero-order valence-corrected chi connectivity index (χ0v) is 10.6. The van der Waals surface area contributed by atoms with E-state index in [-0.39, 0.29) is 0 Å². The van der Waals surface area contributed by atoms with Gasteiger partial charge in [-0.05, 0) is 30.9 Å². The van der Waals surface area contributed by atoms with E-state index in [1.807, 2.05) is 12.3 Å². The lowest BCUT2D eigenvalue weighted by Crippen LogP contribution is -2.13. The zero-order valence-electron chi connectivity index (χ0n) is 10.6. The van der Waals surface area contributed by atoms with Crippen LogP contribution < -0.4 is 5.32 Å². The van der Waals surface area contributed by atoms with E-state index in [2.05, 4.69) is 23.3 Å². The number of hydrogen-bond donors (Lipinski definition) is 1. The first-order chi connectivity index (χ1) is 8.38. The number of nitrogens with one attached hydrogen (secondary N) is 1. The topological polar surface area (TPSA) is 34.1 Å². The smallest absolute Gasteiger partial charge is 0.125 e. The first-order valence-corrected chi connectivity index (χ1v) is 6.65. The Bertz CT molecular complexity index is 319. The lowest BCUT2D eigenvalue weighted by atomic mass is 9.83. The van der Waals surface area contributed by atoms with Crippen molar-refractivity contribution in [1.29, 1.82) is 0 Å². The average Bonchev–Trinajstić information content (AvgIpc) is 2.29. The third kappa shape index (κ3) is 4.00. The first-order valence-electron chi connectivity index (χ1n) is 6.65. The maximum atomic E-state index is 5.67. The van der Waals surface area contributed by atoms with Crippen molar-refractivity contribution in [3.8, 4) is 0 Å². The highest BCUT2D eigenvalue weighted by atomic mass is 16.5. The Morgan fingerprint density at radius 2 is 2.29 bits per heavy atom. The van der Waals surface area contributed by atoms with Crippen LogP contribution in [0.1, 0.15) is 38.2 Å². The summed E-state index contributed by atoms with van der Waals surface area (Å²) in [4.78, 5) is 4.32. The second-order valence-corrected chi connectivity index (χ2v) is 4.72. The first kappa shape index (κ1) is 12.4. The molecule has 1 aliphatic rings. The monoisotopic (exact) mass is 234 g/mol. The van der Waals surface area contributed by atoms with Crippen molar-refractivity contribution in [1.82, 2.24) is 4.98 Å². The predicted molar refractivity (Wildman–Crippen MR) is 70.0 cm³/mol. The van der Waals surface area contributed by atoms with E-state index in [1.54, 1.807) is 0 Å². The summed E-state index contributed by atoms with van der Waals surface area (Å²) in [6.45, 7) is 4.55. The standard InChI is InChI=1S/C14H22N2O/c1-2-15-14-7-6-13(10-16-14)11-17-9-8-12-4-3-5-12/h6-7,10,12H,2-5,8-9,11H2,1H3,(H,15,16). The van der Waals surface area contributed by atoms with E-state index in [9.17, 15) is 0 Å². The highest BCUT2D eigenvalue weighted by Crippen LogP contribution is 2.29. The van der Waals surface area contributed by atoms with Crippen LogP contribution in [0.4, 0.5) is 5.82 Å². The van der Waals surface area contributed by atoms with Gasteiger partial charge in [-0.15, -0.1) is 0 Å². The normalized spacial score (nSPS) is 15.6. The van der Waals surface area contributed by atoms with E-state index in [1.165, 1.54) is 25.7 Å². The molecule has 1 aliphatic carbocycles. The number of anilines is 1. The lowest BCUT2D eigenvalue weighted by molar-refractivity contribution is 0.0948. The molecule has 0 radical (unpaired) electrons.